The molecule has 1 unspecified atom stereocenters. The zero-order chi connectivity index (χ0) is 13.2. The van der Waals surface area contributed by atoms with Crippen LogP contribution in [-0.4, -0.2) is 24.7 Å². The Morgan fingerprint density at radius 2 is 2.32 bits per heavy atom. The summed E-state index contributed by atoms with van der Waals surface area (Å²) < 4.78 is 10.4. The fourth-order valence-electron chi connectivity index (χ4n) is 2.16. The zero-order valence-electron chi connectivity index (χ0n) is 10.5. The highest BCUT2D eigenvalue weighted by Gasteiger charge is 2.24. The summed E-state index contributed by atoms with van der Waals surface area (Å²) in [5.41, 5.74) is 1.56. The van der Waals surface area contributed by atoms with Crippen LogP contribution in [0.3, 0.4) is 0 Å². The van der Waals surface area contributed by atoms with Gasteiger partial charge in [0.2, 0.25) is 0 Å². The maximum atomic E-state index is 11.4. The normalized spacial score (nSPS) is 17.4. The Balaban J connectivity index is 1.81. The van der Waals surface area contributed by atoms with Gasteiger partial charge in [-0.15, -0.1) is 11.3 Å². The average molecular weight is 275 g/mol. The number of thiazole rings is 1. The Hall–Kier alpha value is -1.88. The molecule has 0 saturated heterocycles. The molecule has 1 aromatic carbocycles. The standard InChI is InChI=1S/C14H13NO3S/c1-17-14(16)11-8-19-13(15-11)10-6-9-4-2-3-5-12(9)18-7-10/h2-5,8,10H,6-7H2,1H3. The second kappa shape index (κ2) is 5.01. The SMILES string of the molecule is COC(=O)c1csc(C2COc3ccccc3C2)n1. The highest BCUT2D eigenvalue weighted by Crippen LogP contribution is 2.33. The number of nitrogens with zero attached hydrogens (tertiary/aromatic N) is 1. The van der Waals surface area contributed by atoms with Gasteiger partial charge in [-0.05, 0) is 18.1 Å². The van der Waals surface area contributed by atoms with Gasteiger partial charge in [-0.25, -0.2) is 9.78 Å². The number of rotatable bonds is 2. The lowest BCUT2D eigenvalue weighted by Crippen LogP contribution is -2.19. The van der Waals surface area contributed by atoms with Gasteiger partial charge in [-0.1, -0.05) is 18.2 Å². The predicted octanol–water partition coefficient (Wildman–Crippen LogP) is 2.65. The van der Waals surface area contributed by atoms with Crippen molar-refractivity contribution in [3.8, 4) is 5.75 Å². The van der Waals surface area contributed by atoms with Crippen molar-refractivity contribution in [2.75, 3.05) is 13.7 Å². The Bertz CT molecular complexity index is 608. The molecule has 0 amide bonds. The number of hydrogen-bond acceptors (Lipinski definition) is 5. The second-order valence-corrected chi connectivity index (χ2v) is 5.27. The Morgan fingerprint density at radius 1 is 1.47 bits per heavy atom. The largest absolute Gasteiger partial charge is 0.493 e. The highest BCUT2D eigenvalue weighted by atomic mass is 32.1. The van der Waals surface area contributed by atoms with Crippen LogP contribution in [-0.2, 0) is 11.2 Å². The monoisotopic (exact) mass is 275 g/mol. The van der Waals surface area contributed by atoms with Crippen LogP contribution in [0.1, 0.15) is 27.0 Å². The van der Waals surface area contributed by atoms with Gasteiger partial charge in [-0.2, -0.15) is 0 Å². The van der Waals surface area contributed by atoms with Crippen LogP contribution in [0.5, 0.6) is 5.75 Å². The molecule has 0 aliphatic carbocycles. The molecule has 1 aliphatic heterocycles. The molecule has 1 aromatic heterocycles. The molecule has 1 aliphatic rings. The molecule has 4 nitrogen and oxygen atoms in total. The molecule has 3 rings (SSSR count). The minimum absolute atomic E-state index is 0.207. The lowest BCUT2D eigenvalue weighted by atomic mass is 9.97. The van der Waals surface area contributed by atoms with Crippen LogP contribution in [0, 0.1) is 0 Å². The molecule has 0 saturated carbocycles. The number of ether oxygens (including phenoxy) is 2. The van der Waals surface area contributed by atoms with E-state index in [2.05, 4.69) is 15.8 Å². The first-order valence-electron chi connectivity index (χ1n) is 6.02. The fraction of sp³-hybridized carbons (Fsp3) is 0.286. The van der Waals surface area contributed by atoms with Crippen molar-refractivity contribution in [2.45, 2.75) is 12.3 Å². The number of carbonyl (C=O) groups excluding carboxylic acids is 1. The Morgan fingerprint density at radius 3 is 3.16 bits per heavy atom. The molecule has 0 N–H and O–H groups in total. The van der Waals surface area contributed by atoms with Gasteiger partial charge in [0.1, 0.15) is 10.8 Å². The molecule has 98 valence electrons. The third kappa shape index (κ3) is 2.33. The smallest absolute Gasteiger partial charge is 0.357 e. The lowest BCUT2D eigenvalue weighted by molar-refractivity contribution is 0.0594. The van der Waals surface area contributed by atoms with E-state index in [1.807, 2.05) is 18.2 Å². The van der Waals surface area contributed by atoms with E-state index in [4.69, 9.17) is 4.74 Å². The quantitative estimate of drug-likeness (QED) is 0.791. The van der Waals surface area contributed by atoms with Gasteiger partial charge in [0, 0.05) is 11.3 Å². The molecule has 2 aromatic rings. The Labute approximate surface area is 115 Å². The Kier molecular flexibility index (Phi) is 3.21. The third-order valence-electron chi connectivity index (χ3n) is 3.14. The van der Waals surface area contributed by atoms with Gasteiger partial charge in [0.15, 0.2) is 5.69 Å². The van der Waals surface area contributed by atoms with Crippen molar-refractivity contribution in [3.63, 3.8) is 0 Å². The summed E-state index contributed by atoms with van der Waals surface area (Å²) in [4.78, 5) is 15.7. The molecule has 0 radical (unpaired) electrons. The number of benzene rings is 1. The van der Waals surface area contributed by atoms with E-state index in [1.165, 1.54) is 24.0 Å². The molecular formula is C14H13NO3S. The van der Waals surface area contributed by atoms with Gasteiger partial charge in [0.05, 0.1) is 13.7 Å². The molecular weight excluding hydrogens is 262 g/mol. The molecule has 2 heterocycles. The highest BCUT2D eigenvalue weighted by molar-refractivity contribution is 7.09. The van der Waals surface area contributed by atoms with E-state index in [0.29, 0.717) is 12.3 Å². The van der Waals surface area contributed by atoms with Crippen molar-refractivity contribution in [1.82, 2.24) is 4.98 Å². The van der Waals surface area contributed by atoms with Gasteiger partial charge < -0.3 is 9.47 Å². The maximum Gasteiger partial charge on any atom is 0.357 e. The van der Waals surface area contributed by atoms with Crippen molar-refractivity contribution in [3.05, 3.63) is 45.9 Å². The summed E-state index contributed by atoms with van der Waals surface area (Å²) in [6, 6.07) is 8.02. The lowest BCUT2D eigenvalue weighted by Gasteiger charge is -2.23. The third-order valence-corrected chi connectivity index (χ3v) is 4.15. The molecule has 19 heavy (non-hydrogen) atoms. The first-order chi connectivity index (χ1) is 9.28. The summed E-state index contributed by atoms with van der Waals surface area (Å²) in [7, 11) is 1.36. The summed E-state index contributed by atoms with van der Waals surface area (Å²) in [6.45, 7) is 0.602. The molecule has 0 spiro atoms. The number of aromatic nitrogens is 1. The summed E-state index contributed by atoms with van der Waals surface area (Å²) in [5.74, 6) is 0.765. The molecule has 0 bridgehead atoms. The summed E-state index contributed by atoms with van der Waals surface area (Å²) in [5, 5.41) is 2.66. The van der Waals surface area contributed by atoms with E-state index in [0.717, 1.165) is 17.2 Å². The van der Waals surface area contributed by atoms with Crippen LogP contribution in [0.4, 0.5) is 0 Å². The number of carbonyl (C=O) groups is 1. The zero-order valence-corrected chi connectivity index (χ0v) is 11.3. The van der Waals surface area contributed by atoms with Crippen LogP contribution in [0.2, 0.25) is 0 Å². The summed E-state index contributed by atoms with van der Waals surface area (Å²) in [6.07, 6.45) is 0.893. The predicted molar refractivity (Wildman–Crippen MR) is 71.8 cm³/mol. The van der Waals surface area contributed by atoms with Crippen LogP contribution in [0.25, 0.3) is 0 Å². The van der Waals surface area contributed by atoms with E-state index in [9.17, 15) is 4.79 Å². The van der Waals surface area contributed by atoms with E-state index >= 15 is 0 Å². The maximum absolute atomic E-state index is 11.4. The molecule has 0 fully saturated rings. The van der Waals surface area contributed by atoms with Crippen molar-refractivity contribution in [1.29, 1.82) is 0 Å². The second-order valence-electron chi connectivity index (χ2n) is 4.38. The van der Waals surface area contributed by atoms with Gasteiger partial charge in [-0.3, -0.25) is 0 Å². The van der Waals surface area contributed by atoms with Crippen molar-refractivity contribution in [2.24, 2.45) is 0 Å². The minimum Gasteiger partial charge on any atom is -0.493 e. The molecule has 5 heteroatoms. The number of fused-ring (bicyclic) bond motifs is 1. The summed E-state index contributed by atoms with van der Waals surface area (Å²) >= 11 is 1.48. The average Bonchev–Trinajstić information content (AvgIpc) is 2.95. The van der Waals surface area contributed by atoms with E-state index < -0.39 is 0 Å². The first kappa shape index (κ1) is 12.2. The first-order valence-corrected chi connectivity index (χ1v) is 6.90. The van der Waals surface area contributed by atoms with Crippen LogP contribution in [0.15, 0.2) is 29.6 Å². The van der Waals surface area contributed by atoms with Gasteiger partial charge >= 0.3 is 5.97 Å². The van der Waals surface area contributed by atoms with Gasteiger partial charge in [0.25, 0.3) is 0 Å². The van der Waals surface area contributed by atoms with E-state index in [-0.39, 0.29) is 11.9 Å². The van der Waals surface area contributed by atoms with Crippen molar-refractivity contribution < 1.29 is 14.3 Å². The number of esters is 1. The molecule has 1 atom stereocenters. The fourth-order valence-corrected chi connectivity index (χ4v) is 3.04. The number of hydrogen-bond donors (Lipinski definition) is 0. The van der Waals surface area contributed by atoms with E-state index in [1.54, 1.807) is 5.38 Å². The van der Waals surface area contributed by atoms with Crippen molar-refractivity contribution >= 4 is 17.3 Å². The van der Waals surface area contributed by atoms with Crippen LogP contribution >= 0.6 is 11.3 Å². The minimum atomic E-state index is -0.389. The number of para-hydroxylation sites is 1. The van der Waals surface area contributed by atoms with Crippen LogP contribution < -0.4 is 4.74 Å². The topological polar surface area (TPSA) is 48.4 Å². The number of methoxy groups -OCH3 is 1.